The molecule has 1 N–H and O–H groups in total. The van der Waals surface area contributed by atoms with E-state index < -0.39 is 10.0 Å². The van der Waals surface area contributed by atoms with Crippen molar-refractivity contribution in [3.63, 3.8) is 0 Å². The van der Waals surface area contributed by atoms with Gasteiger partial charge in [0, 0.05) is 39.0 Å². The van der Waals surface area contributed by atoms with E-state index in [9.17, 15) is 13.2 Å². The van der Waals surface area contributed by atoms with Gasteiger partial charge in [0.05, 0.1) is 4.34 Å². The topological polar surface area (TPSA) is 79.4 Å². The van der Waals surface area contributed by atoms with E-state index in [1.165, 1.54) is 19.1 Å². The van der Waals surface area contributed by atoms with Gasteiger partial charge >= 0.3 is 0 Å². The van der Waals surface area contributed by atoms with E-state index in [-0.39, 0.29) is 23.2 Å². The first-order valence-corrected chi connectivity index (χ1v) is 9.45. The summed E-state index contributed by atoms with van der Waals surface area (Å²) in [4.78, 5) is 17.2. The molecule has 2 rings (SSSR count). The number of carbonyl (C=O) groups excluding carboxylic acids is 1. The fraction of sp³-hybridized carbons (Fsp3) is 0.286. The van der Waals surface area contributed by atoms with Crippen LogP contribution in [0.1, 0.15) is 12.5 Å². The number of nitrogens with one attached hydrogen (secondary N) is 1. The highest BCUT2D eigenvalue weighted by molar-refractivity contribution is 7.91. The molecule has 0 unspecified atom stereocenters. The molecular weight excluding hydrogens is 358 g/mol. The quantitative estimate of drug-likeness (QED) is 0.806. The monoisotopic (exact) mass is 373 g/mol. The molecule has 2 aromatic rings. The lowest BCUT2D eigenvalue weighted by Crippen LogP contribution is -2.36. The van der Waals surface area contributed by atoms with E-state index in [4.69, 9.17) is 11.6 Å². The molecule has 0 fully saturated rings. The molecule has 124 valence electrons. The molecule has 2 aromatic heterocycles. The van der Waals surface area contributed by atoms with Crippen molar-refractivity contribution in [2.75, 3.05) is 13.1 Å². The Morgan fingerprint density at radius 2 is 2.00 bits per heavy atom. The van der Waals surface area contributed by atoms with E-state index in [2.05, 4.69) is 9.71 Å². The number of thiophene rings is 1. The highest BCUT2D eigenvalue weighted by Crippen LogP contribution is 2.25. The maximum atomic E-state index is 12.1. The van der Waals surface area contributed by atoms with Gasteiger partial charge in [-0.2, -0.15) is 0 Å². The zero-order chi connectivity index (χ0) is 16.9. The van der Waals surface area contributed by atoms with E-state index in [1.54, 1.807) is 17.3 Å². The van der Waals surface area contributed by atoms with Crippen molar-refractivity contribution >= 4 is 38.9 Å². The number of hydrogen-bond donors (Lipinski definition) is 1. The first kappa shape index (κ1) is 17.9. The van der Waals surface area contributed by atoms with Crippen molar-refractivity contribution in [1.29, 1.82) is 0 Å². The Balaban J connectivity index is 1.93. The summed E-state index contributed by atoms with van der Waals surface area (Å²) in [7, 11) is -3.60. The third-order valence-electron chi connectivity index (χ3n) is 3.06. The molecule has 23 heavy (non-hydrogen) atoms. The van der Waals surface area contributed by atoms with Crippen molar-refractivity contribution in [3.05, 3.63) is 46.6 Å². The van der Waals surface area contributed by atoms with E-state index in [0.717, 1.165) is 16.9 Å². The van der Waals surface area contributed by atoms with Crippen LogP contribution in [0.5, 0.6) is 0 Å². The molecule has 0 radical (unpaired) electrons. The fourth-order valence-electron chi connectivity index (χ4n) is 1.88. The first-order valence-electron chi connectivity index (χ1n) is 6.78. The second kappa shape index (κ2) is 7.87. The van der Waals surface area contributed by atoms with Crippen LogP contribution in [0.3, 0.4) is 0 Å². The van der Waals surface area contributed by atoms with Crippen LogP contribution < -0.4 is 4.72 Å². The maximum Gasteiger partial charge on any atom is 0.250 e. The Bertz CT molecular complexity index is 763. The average Bonchev–Trinajstić information content (AvgIpc) is 2.94. The second-order valence-corrected chi connectivity index (χ2v) is 8.46. The van der Waals surface area contributed by atoms with Gasteiger partial charge in [0.1, 0.15) is 4.21 Å². The number of aromatic nitrogens is 1. The van der Waals surface area contributed by atoms with Crippen molar-refractivity contribution in [3.8, 4) is 0 Å². The molecule has 0 aliphatic carbocycles. The van der Waals surface area contributed by atoms with Crippen LogP contribution in [0.4, 0.5) is 0 Å². The lowest BCUT2D eigenvalue weighted by molar-refractivity contribution is -0.129. The predicted octanol–water partition coefficient (Wildman–Crippen LogP) is 2.12. The minimum atomic E-state index is -3.60. The van der Waals surface area contributed by atoms with Gasteiger partial charge in [0.25, 0.3) is 0 Å². The zero-order valence-corrected chi connectivity index (χ0v) is 14.8. The number of hydrogen-bond acceptors (Lipinski definition) is 5. The second-order valence-electron chi connectivity index (χ2n) is 4.75. The number of nitrogens with zero attached hydrogens (tertiary/aromatic N) is 2. The van der Waals surface area contributed by atoms with Gasteiger partial charge in [-0.3, -0.25) is 9.78 Å². The van der Waals surface area contributed by atoms with Crippen LogP contribution in [0.25, 0.3) is 0 Å². The van der Waals surface area contributed by atoms with Crippen LogP contribution >= 0.6 is 22.9 Å². The highest BCUT2D eigenvalue weighted by Gasteiger charge is 2.17. The Hall–Kier alpha value is -1.48. The molecule has 0 aliphatic rings. The van der Waals surface area contributed by atoms with Gasteiger partial charge in [-0.15, -0.1) is 11.3 Å². The summed E-state index contributed by atoms with van der Waals surface area (Å²) in [5.41, 5.74) is 0.933. The molecule has 0 saturated carbocycles. The molecule has 9 heteroatoms. The molecule has 6 nitrogen and oxygen atoms in total. The Kier molecular flexibility index (Phi) is 6.11. The van der Waals surface area contributed by atoms with Gasteiger partial charge < -0.3 is 4.90 Å². The normalized spacial score (nSPS) is 11.4. The van der Waals surface area contributed by atoms with E-state index >= 15 is 0 Å². The number of sulfonamides is 1. The summed E-state index contributed by atoms with van der Waals surface area (Å²) >= 11 is 6.74. The number of rotatable bonds is 7. The fourth-order valence-corrected chi connectivity index (χ4v) is 4.43. The summed E-state index contributed by atoms with van der Waals surface area (Å²) in [6, 6.07) is 6.61. The third-order valence-corrected chi connectivity index (χ3v) is 6.24. The number of carbonyl (C=O) groups is 1. The van der Waals surface area contributed by atoms with Crippen molar-refractivity contribution < 1.29 is 13.2 Å². The van der Waals surface area contributed by atoms with Crippen molar-refractivity contribution in [2.45, 2.75) is 17.7 Å². The summed E-state index contributed by atoms with van der Waals surface area (Å²) in [5, 5.41) is 0. The number of pyridine rings is 1. The SMILES string of the molecule is CC(=O)N(CCNS(=O)(=O)c1ccc(Cl)s1)Cc1ccncc1. The molecule has 0 bridgehead atoms. The summed E-state index contributed by atoms with van der Waals surface area (Å²) in [6.07, 6.45) is 3.30. The number of amides is 1. The van der Waals surface area contributed by atoms with Gasteiger partial charge in [-0.05, 0) is 29.8 Å². The van der Waals surface area contributed by atoms with Crippen LogP contribution in [0, 0.1) is 0 Å². The summed E-state index contributed by atoms with van der Waals surface area (Å²) < 4.78 is 27.2. The molecule has 0 spiro atoms. The molecule has 1 amide bonds. The Labute approximate surface area is 144 Å². The average molecular weight is 374 g/mol. The van der Waals surface area contributed by atoms with Gasteiger partial charge in [0.2, 0.25) is 15.9 Å². The first-order chi connectivity index (χ1) is 10.9. The van der Waals surface area contributed by atoms with E-state index in [0.29, 0.717) is 10.9 Å². The van der Waals surface area contributed by atoms with Gasteiger partial charge in [-0.1, -0.05) is 11.6 Å². The van der Waals surface area contributed by atoms with Crippen LogP contribution in [-0.2, 0) is 21.4 Å². The lowest BCUT2D eigenvalue weighted by Gasteiger charge is -2.21. The minimum absolute atomic E-state index is 0.125. The Morgan fingerprint density at radius 3 is 2.57 bits per heavy atom. The minimum Gasteiger partial charge on any atom is -0.337 e. The standard InChI is InChI=1S/C14H16ClN3O3S2/c1-11(19)18(10-12-4-6-16-7-5-12)9-8-17-23(20,21)14-3-2-13(15)22-14/h2-7,17H,8-10H2,1H3. The Morgan fingerprint density at radius 1 is 1.30 bits per heavy atom. The molecule has 0 atom stereocenters. The van der Waals surface area contributed by atoms with Crippen molar-refractivity contribution in [1.82, 2.24) is 14.6 Å². The van der Waals surface area contributed by atoms with Crippen LogP contribution in [-0.4, -0.2) is 37.3 Å². The smallest absolute Gasteiger partial charge is 0.250 e. The molecule has 2 heterocycles. The predicted molar refractivity (Wildman–Crippen MR) is 89.8 cm³/mol. The summed E-state index contributed by atoms with van der Waals surface area (Å²) in [6.45, 7) is 2.26. The summed E-state index contributed by atoms with van der Waals surface area (Å²) in [5.74, 6) is -0.125. The van der Waals surface area contributed by atoms with Crippen molar-refractivity contribution in [2.24, 2.45) is 0 Å². The highest BCUT2D eigenvalue weighted by atomic mass is 35.5. The molecular formula is C14H16ClN3O3S2. The maximum absolute atomic E-state index is 12.1. The third kappa shape index (κ3) is 5.28. The van der Waals surface area contributed by atoms with Gasteiger partial charge in [0.15, 0.2) is 0 Å². The van der Waals surface area contributed by atoms with E-state index in [1.807, 2.05) is 12.1 Å². The van der Waals surface area contributed by atoms with Gasteiger partial charge in [-0.25, -0.2) is 13.1 Å². The number of halogens is 1. The molecule has 0 saturated heterocycles. The molecule has 0 aliphatic heterocycles. The van der Waals surface area contributed by atoms with Crippen LogP contribution in [0.15, 0.2) is 40.9 Å². The van der Waals surface area contributed by atoms with Crippen LogP contribution in [0.2, 0.25) is 4.34 Å². The molecule has 0 aromatic carbocycles. The zero-order valence-electron chi connectivity index (χ0n) is 12.4. The lowest BCUT2D eigenvalue weighted by atomic mass is 10.2. The largest absolute Gasteiger partial charge is 0.337 e.